The lowest BCUT2D eigenvalue weighted by atomic mass is 10.1. The van der Waals surface area contributed by atoms with E-state index in [0.717, 1.165) is 24.3 Å². The molecule has 2 aromatic rings. The highest BCUT2D eigenvalue weighted by Crippen LogP contribution is 2.28. The Balaban J connectivity index is 2.33. The van der Waals surface area contributed by atoms with Crippen LogP contribution in [0.15, 0.2) is 29.2 Å². The Morgan fingerprint density at radius 1 is 1.26 bits per heavy atom. The maximum absolute atomic E-state index is 12.5. The molecule has 0 atom stereocenters. The number of anilines is 1. The van der Waals surface area contributed by atoms with Crippen molar-refractivity contribution in [2.24, 2.45) is 0 Å². The van der Waals surface area contributed by atoms with E-state index in [1.807, 2.05) is 30.5 Å². The number of carboxylic acids is 1. The van der Waals surface area contributed by atoms with Gasteiger partial charge in [-0.2, -0.15) is 0 Å². The smallest absolute Gasteiger partial charge is 0.341 e. The van der Waals surface area contributed by atoms with Gasteiger partial charge in [0, 0.05) is 30.7 Å². The summed E-state index contributed by atoms with van der Waals surface area (Å²) in [6.45, 7) is 6.76. The molecule has 1 N–H and O–H groups in total. The highest BCUT2D eigenvalue weighted by atomic mass is 16.5. The fourth-order valence-electron chi connectivity index (χ4n) is 3.01. The fraction of sp³-hybridized carbons (Fsp3) is 0.412. The second-order valence-electron chi connectivity index (χ2n) is 5.95. The largest absolute Gasteiger partial charge is 0.477 e. The Kier molecular flexibility index (Phi) is 4.09. The van der Waals surface area contributed by atoms with Gasteiger partial charge in [0.2, 0.25) is 5.43 Å². The summed E-state index contributed by atoms with van der Waals surface area (Å²) in [6.07, 6.45) is 1.46. The Hall–Kier alpha value is -2.34. The van der Waals surface area contributed by atoms with E-state index in [1.165, 1.54) is 6.20 Å². The van der Waals surface area contributed by atoms with Gasteiger partial charge in [0.1, 0.15) is 5.56 Å². The van der Waals surface area contributed by atoms with E-state index in [2.05, 4.69) is 4.90 Å². The van der Waals surface area contributed by atoms with Crippen molar-refractivity contribution < 1.29 is 14.6 Å². The van der Waals surface area contributed by atoms with Crippen LogP contribution < -0.4 is 10.3 Å². The summed E-state index contributed by atoms with van der Waals surface area (Å²) in [5.74, 6) is -1.19. The number of para-hydroxylation sites is 1. The third-order valence-corrected chi connectivity index (χ3v) is 4.17. The minimum Gasteiger partial charge on any atom is -0.477 e. The molecular formula is C17H20N2O4. The number of aromatic carboxylic acids is 1. The van der Waals surface area contributed by atoms with Crippen molar-refractivity contribution in [2.45, 2.75) is 19.9 Å². The molecule has 0 spiro atoms. The van der Waals surface area contributed by atoms with E-state index in [9.17, 15) is 14.7 Å². The van der Waals surface area contributed by atoms with Gasteiger partial charge in [0.25, 0.3) is 0 Å². The SMILES string of the molecule is CC(C)n1cc(C(=O)O)c(=O)c2cccc(N3CCOCC3)c21. The van der Waals surface area contributed by atoms with Crippen molar-refractivity contribution >= 4 is 22.6 Å². The van der Waals surface area contributed by atoms with Gasteiger partial charge >= 0.3 is 5.97 Å². The zero-order valence-corrected chi connectivity index (χ0v) is 13.3. The number of pyridine rings is 1. The summed E-state index contributed by atoms with van der Waals surface area (Å²) in [5, 5.41) is 9.76. The highest BCUT2D eigenvalue weighted by Gasteiger charge is 2.21. The first kappa shape index (κ1) is 15.6. The standard InChI is InChI=1S/C17H20N2O4/c1-11(2)19-10-13(17(21)22)16(20)12-4-3-5-14(15(12)19)18-6-8-23-9-7-18/h3-5,10-11H,6-9H2,1-2H3,(H,21,22). The molecule has 0 saturated carbocycles. The summed E-state index contributed by atoms with van der Waals surface area (Å²) in [5.41, 5.74) is 1.12. The number of morpholine rings is 1. The number of benzene rings is 1. The molecule has 1 aromatic carbocycles. The number of nitrogens with zero attached hydrogens (tertiary/aromatic N) is 2. The van der Waals surface area contributed by atoms with Crippen LogP contribution in [-0.4, -0.2) is 41.9 Å². The molecule has 1 saturated heterocycles. The number of carbonyl (C=O) groups is 1. The monoisotopic (exact) mass is 316 g/mol. The minimum absolute atomic E-state index is 0.0402. The lowest BCUT2D eigenvalue weighted by Gasteiger charge is -2.31. The predicted octanol–water partition coefficient (Wildman–Crippen LogP) is 2.12. The topological polar surface area (TPSA) is 71.8 Å². The lowest BCUT2D eigenvalue weighted by Crippen LogP contribution is -2.37. The molecule has 1 aliphatic heterocycles. The molecule has 1 fully saturated rings. The van der Waals surface area contributed by atoms with Gasteiger partial charge in [0.05, 0.1) is 24.4 Å². The molecule has 6 nitrogen and oxygen atoms in total. The first-order valence-electron chi connectivity index (χ1n) is 7.74. The quantitative estimate of drug-likeness (QED) is 0.939. The van der Waals surface area contributed by atoms with E-state index in [1.54, 1.807) is 6.07 Å². The van der Waals surface area contributed by atoms with Crippen molar-refractivity contribution in [1.82, 2.24) is 4.57 Å². The molecular weight excluding hydrogens is 296 g/mol. The normalized spacial score (nSPS) is 15.3. The molecule has 0 aliphatic carbocycles. The highest BCUT2D eigenvalue weighted by molar-refractivity contribution is 5.97. The lowest BCUT2D eigenvalue weighted by molar-refractivity contribution is 0.0694. The molecule has 0 radical (unpaired) electrons. The summed E-state index contributed by atoms with van der Waals surface area (Å²) in [4.78, 5) is 26.1. The average Bonchev–Trinajstić information content (AvgIpc) is 2.55. The van der Waals surface area contributed by atoms with Crippen LogP contribution in [0.2, 0.25) is 0 Å². The van der Waals surface area contributed by atoms with Gasteiger partial charge in [-0.1, -0.05) is 6.07 Å². The molecule has 0 unspecified atom stereocenters. The van der Waals surface area contributed by atoms with Crippen LogP contribution in [0.5, 0.6) is 0 Å². The van der Waals surface area contributed by atoms with Crippen LogP contribution in [0.1, 0.15) is 30.2 Å². The number of hydrogen-bond donors (Lipinski definition) is 1. The van der Waals surface area contributed by atoms with Crippen LogP contribution in [0, 0.1) is 0 Å². The average molecular weight is 316 g/mol. The maximum atomic E-state index is 12.5. The first-order valence-corrected chi connectivity index (χ1v) is 7.74. The number of hydrogen-bond acceptors (Lipinski definition) is 4. The maximum Gasteiger partial charge on any atom is 0.341 e. The van der Waals surface area contributed by atoms with Gasteiger partial charge in [0.15, 0.2) is 0 Å². The molecule has 122 valence electrons. The molecule has 2 heterocycles. The molecule has 0 amide bonds. The van der Waals surface area contributed by atoms with Crippen LogP contribution in [0.3, 0.4) is 0 Å². The summed E-state index contributed by atoms with van der Waals surface area (Å²) < 4.78 is 7.28. The van der Waals surface area contributed by atoms with Crippen LogP contribution in [0.25, 0.3) is 10.9 Å². The van der Waals surface area contributed by atoms with Gasteiger partial charge in [-0.3, -0.25) is 4.79 Å². The van der Waals surface area contributed by atoms with Crippen molar-refractivity contribution in [2.75, 3.05) is 31.2 Å². The minimum atomic E-state index is -1.19. The first-order chi connectivity index (χ1) is 11.0. The van der Waals surface area contributed by atoms with E-state index in [4.69, 9.17) is 4.74 Å². The van der Waals surface area contributed by atoms with E-state index >= 15 is 0 Å². The van der Waals surface area contributed by atoms with E-state index in [0.29, 0.717) is 18.6 Å². The zero-order valence-electron chi connectivity index (χ0n) is 13.3. The Bertz CT molecular complexity index is 804. The predicted molar refractivity (Wildman–Crippen MR) is 88.6 cm³/mol. The van der Waals surface area contributed by atoms with Crippen molar-refractivity contribution in [1.29, 1.82) is 0 Å². The fourth-order valence-corrected chi connectivity index (χ4v) is 3.01. The van der Waals surface area contributed by atoms with Crippen molar-refractivity contribution in [3.05, 3.63) is 40.2 Å². The molecule has 1 aliphatic rings. The Morgan fingerprint density at radius 2 is 1.96 bits per heavy atom. The number of aromatic nitrogens is 1. The van der Waals surface area contributed by atoms with Gasteiger partial charge in [-0.05, 0) is 26.0 Å². The molecule has 1 aromatic heterocycles. The van der Waals surface area contributed by atoms with Crippen LogP contribution >= 0.6 is 0 Å². The molecule has 3 rings (SSSR count). The van der Waals surface area contributed by atoms with Crippen LogP contribution in [-0.2, 0) is 4.74 Å². The molecule has 0 bridgehead atoms. The molecule has 6 heteroatoms. The number of fused-ring (bicyclic) bond motifs is 1. The van der Waals surface area contributed by atoms with Gasteiger partial charge < -0.3 is 19.3 Å². The Labute approximate surface area is 133 Å². The number of ether oxygens (including phenoxy) is 1. The summed E-state index contributed by atoms with van der Waals surface area (Å²) in [6, 6.07) is 5.53. The van der Waals surface area contributed by atoms with E-state index in [-0.39, 0.29) is 11.6 Å². The Morgan fingerprint density at radius 3 is 2.57 bits per heavy atom. The van der Waals surface area contributed by atoms with Crippen LogP contribution in [0.4, 0.5) is 5.69 Å². The van der Waals surface area contributed by atoms with Gasteiger partial charge in [-0.25, -0.2) is 4.79 Å². The van der Waals surface area contributed by atoms with Crippen molar-refractivity contribution in [3.63, 3.8) is 0 Å². The van der Waals surface area contributed by atoms with E-state index < -0.39 is 11.4 Å². The second kappa shape index (κ2) is 6.04. The summed E-state index contributed by atoms with van der Waals surface area (Å²) >= 11 is 0. The summed E-state index contributed by atoms with van der Waals surface area (Å²) in [7, 11) is 0. The number of carboxylic acid groups (broad SMARTS) is 1. The van der Waals surface area contributed by atoms with Crippen molar-refractivity contribution in [3.8, 4) is 0 Å². The third-order valence-electron chi connectivity index (χ3n) is 4.17. The number of rotatable bonds is 3. The van der Waals surface area contributed by atoms with Gasteiger partial charge in [-0.15, -0.1) is 0 Å². The third kappa shape index (κ3) is 2.70. The second-order valence-corrected chi connectivity index (χ2v) is 5.95. The zero-order chi connectivity index (χ0) is 16.6. The molecule has 23 heavy (non-hydrogen) atoms.